The van der Waals surface area contributed by atoms with Crippen molar-refractivity contribution in [2.75, 3.05) is 26.4 Å². The van der Waals surface area contributed by atoms with Gasteiger partial charge in [-0.05, 0) is 37.1 Å². The first-order valence-corrected chi connectivity index (χ1v) is 8.45. The van der Waals surface area contributed by atoms with Crippen molar-refractivity contribution in [3.8, 4) is 0 Å². The Bertz CT molecular complexity index is 560. The number of nitrogens with zero attached hydrogens (tertiary/aromatic N) is 1. The van der Waals surface area contributed by atoms with Gasteiger partial charge in [-0.25, -0.2) is 0 Å². The molecule has 1 aromatic carbocycles. The van der Waals surface area contributed by atoms with Gasteiger partial charge < -0.3 is 14.4 Å². The molecule has 0 N–H and O–H groups in total. The van der Waals surface area contributed by atoms with Crippen LogP contribution < -0.4 is 0 Å². The van der Waals surface area contributed by atoms with Gasteiger partial charge in [-0.1, -0.05) is 17.7 Å². The molecule has 3 rings (SSSR count). The Morgan fingerprint density at radius 2 is 2.17 bits per heavy atom. The Morgan fingerprint density at radius 3 is 2.91 bits per heavy atom. The van der Waals surface area contributed by atoms with Crippen LogP contribution in [0.15, 0.2) is 36.9 Å². The number of carbonyl (C=O) groups excluding carboxylic acids is 1. The summed E-state index contributed by atoms with van der Waals surface area (Å²) in [4.78, 5) is 14.8. The number of hydrogen-bond donors (Lipinski definition) is 0. The van der Waals surface area contributed by atoms with E-state index in [1.807, 2.05) is 4.90 Å². The average molecular weight is 336 g/mol. The lowest BCUT2D eigenvalue weighted by molar-refractivity contribution is -0.0738. The van der Waals surface area contributed by atoms with Gasteiger partial charge >= 0.3 is 0 Å². The number of rotatable bonds is 5. The lowest BCUT2D eigenvalue weighted by Crippen LogP contribution is -2.53. The van der Waals surface area contributed by atoms with Crippen LogP contribution >= 0.6 is 11.6 Å². The van der Waals surface area contributed by atoms with Gasteiger partial charge in [-0.15, -0.1) is 6.58 Å². The Hall–Kier alpha value is -1.36. The highest BCUT2D eigenvalue weighted by Gasteiger charge is 2.44. The Balaban J connectivity index is 1.68. The third-order valence-electron chi connectivity index (χ3n) is 4.64. The summed E-state index contributed by atoms with van der Waals surface area (Å²) >= 11 is 5.91. The van der Waals surface area contributed by atoms with Gasteiger partial charge in [-0.3, -0.25) is 4.79 Å². The standard InChI is InChI=1S/C18H22ClNO3/c1-2-10-22-12-14-5-8-16-17(14)23-11-9-20(16)18(21)13-3-6-15(19)7-4-13/h2-4,6-7,14,16-17H,1,5,8-12H2. The number of hydrogen-bond acceptors (Lipinski definition) is 3. The van der Waals surface area contributed by atoms with Crippen LogP contribution in [0.5, 0.6) is 0 Å². The van der Waals surface area contributed by atoms with Crippen LogP contribution in [0.2, 0.25) is 5.02 Å². The molecular formula is C18H22ClNO3. The Morgan fingerprint density at radius 1 is 1.39 bits per heavy atom. The molecule has 3 atom stereocenters. The third-order valence-corrected chi connectivity index (χ3v) is 4.89. The lowest BCUT2D eigenvalue weighted by atomic mass is 10.0. The molecule has 1 saturated heterocycles. The molecule has 124 valence electrons. The van der Waals surface area contributed by atoms with Crippen molar-refractivity contribution in [2.45, 2.75) is 25.0 Å². The summed E-state index contributed by atoms with van der Waals surface area (Å²) in [5.41, 5.74) is 0.682. The minimum atomic E-state index is 0.0626. The van der Waals surface area contributed by atoms with Gasteiger partial charge in [-0.2, -0.15) is 0 Å². The number of amides is 1. The van der Waals surface area contributed by atoms with E-state index in [0.29, 0.717) is 42.9 Å². The lowest BCUT2D eigenvalue weighted by Gasteiger charge is -2.39. The van der Waals surface area contributed by atoms with E-state index in [9.17, 15) is 4.79 Å². The largest absolute Gasteiger partial charge is 0.377 e. The van der Waals surface area contributed by atoms with Crippen molar-refractivity contribution in [1.29, 1.82) is 0 Å². The van der Waals surface area contributed by atoms with E-state index in [2.05, 4.69) is 6.58 Å². The fraction of sp³-hybridized carbons (Fsp3) is 0.500. The number of morpholine rings is 1. The molecule has 1 heterocycles. The zero-order chi connectivity index (χ0) is 16.2. The van der Waals surface area contributed by atoms with Crippen molar-refractivity contribution in [3.05, 3.63) is 47.5 Å². The number of carbonyl (C=O) groups is 1. The number of ether oxygens (including phenoxy) is 2. The SMILES string of the molecule is C=CCOCC1CCC2C1OCCN2C(=O)c1ccc(Cl)cc1. The second-order valence-electron chi connectivity index (χ2n) is 6.07. The molecule has 2 fully saturated rings. The summed E-state index contributed by atoms with van der Waals surface area (Å²) in [7, 11) is 0. The van der Waals surface area contributed by atoms with Gasteiger partial charge in [0.25, 0.3) is 5.91 Å². The molecule has 3 unspecified atom stereocenters. The fourth-order valence-corrected chi connectivity index (χ4v) is 3.68. The van der Waals surface area contributed by atoms with E-state index in [4.69, 9.17) is 21.1 Å². The van der Waals surface area contributed by atoms with E-state index in [-0.39, 0.29) is 18.1 Å². The highest BCUT2D eigenvalue weighted by atomic mass is 35.5. The first-order valence-electron chi connectivity index (χ1n) is 8.07. The topological polar surface area (TPSA) is 38.8 Å². The van der Waals surface area contributed by atoms with Crippen molar-refractivity contribution < 1.29 is 14.3 Å². The molecule has 1 aromatic rings. The molecule has 1 saturated carbocycles. The number of halogens is 1. The molecule has 1 aliphatic heterocycles. The molecule has 0 bridgehead atoms. The molecule has 1 aliphatic carbocycles. The van der Waals surface area contributed by atoms with Crippen LogP contribution in [0.25, 0.3) is 0 Å². The van der Waals surface area contributed by atoms with Crippen LogP contribution in [-0.2, 0) is 9.47 Å². The maximum absolute atomic E-state index is 12.8. The van der Waals surface area contributed by atoms with E-state index in [0.717, 1.165) is 12.8 Å². The first kappa shape index (κ1) is 16.5. The van der Waals surface area contributed by atoms with E-state index >= 15 is 0 Å². The second kappa shape index (κ2) is 7.47. The van der Waals surface area contributed by atoms with Crippen molar-refractivity contribution in [3.63, 3.8) is 0 Å². The second-order valence-corrected chi connectivity index (χ2v) is 6.51. The van der Waals surface area contributed by atoms with E-state index in [1.165, 1.54) is 0 Å². The summed E-state index contributed by atoms with van der Waals surface area (Å²) in [5, 5.41) is 0.640. The van der Waals surface area contributed by atoms with Gasteiger partial charge in [0.2, 0.25) is 0 Å². The van der Waals surface area contributed by atoms with Crippen LogP contribution in [0.4, 0.5) is 0 Å². The Labute approximate surface area is 142 Å². The van der Waals surface area contributed by atoms with Crippen molar-refractivity contribution in [1.82, 2.24) is 4.90 Å². The van der Waals surface area contributed by atoms with E-state index < -0.39 is 0 Å². The monoisotopic (exact) mass is 335 g/mol. The maximum Gasteiger partial charge on any atom is 0.254 e. The minimum Gasteiger partial charge on any atom is -0.377 e. The third kappa shape index (κ3) is 3.60. The predicted molar refractivity (Wildman–Crippen MR) is 89.8 cm³/mol. The van der Waals surface area contributed by atoms with Gasteiger partial charge in [0.05, 0.1) is 32.0 Å². The van der Waals surface area contributed by atoms with Gasteiger partial charge in [0.15, 0.2) is 0 Å². The van der Waals surface area contributed by atoms with Crippen LogP contribution in [0, 0.1) is 5.92 Å². The number of benzene rings is 1. The zero-order valence-corrected chi connectivity index (χ0v) is 13.9. The normalized spacial score (nSPS) is 26.8. The van der Waals surface area contributed by atoms with Crippen LogP contribution in [0.3, 0.4) is 0 Å². The maximum atomic E-state index is 12.8. The highest BCUT2D eigenvalue weighted by Crippen LogP contribution is 2.35. The summed E-state index contributed by atoms with van der Waals surface area (Å²) in [6.07, 6.45) is 3.82. The summed E-state index contributed by atoms with van der Waals surface area (Å²) in [6.45, 7) is 6.11. The minimum absolute atomic E-state index is 0.0626. The smallest absolute Gasteiger partial charge is 0.254 e. The highest BCUT2D eigenvalue weighted by molar-refractivity contribution is 6.30. The molecule has 4 nitrogen and oxygen atoms in total. The van der Waals surface area contributed by atoms with Gasteiger partial charge in [0, 0.05) is 23.0 Å². The van der Waals surface area contributed by atoms with Gasteiger partial charge in [0.1, 0.15) is 0 Å². The zero-order valence-electron chi connectivity index (χ0n) is 13.1. The quantitative estimate of drug-likeness (QED) is 0.613. The molecule has 0 radical (unpaired) electrons. The van der Waals surface area contributed by atoms with E-state index in [1.54, 1.807) is 30.3 Å². The van der Waals surface area contributed by atoms with Crippen LogP contribution in [0.1, 0.15) is 23.2 Å². The first-order chi connectivity index (χ1) is 11.2. The molecule has 1 amide bonds. The predicted octanol–water partition coefficient (Wildman–Crippen LogP) is 3.16. The molecule has 0 aromatic heterocycles. The molecule has 2 aliphatic rings. The molecule has 5 heteroatoms. The van der Waals surface area contributed by atoms with Crippen molar-refractivity contribution >= 4 is 17.5 Å². The molecule has 0 spiro atoms. The molecular weight excluding hydrogens is 314 g/mol. The average Bonchev–Trinajstić information content (AvgIpc) is 2.98. The van der Waals surface area contributed by atoms with Crippen LogP contribution in [-0.4, -0.2) is 49.3 Å². The van der Waals surface area contributed by atoms with Crippen molar-refractivity contribution in [2.24, 2.45) is 5.92 Å². The number of fused-ring (bicyclic) bond motifs is 1. The summed E-state index contributed by atoms with van der Waals surface area (Å²) in [5.74, 6) is 0.411. The molecule has 23 heavy (non-hydrogen) atoms. The summed E-state index contributed by atoms with van der Waals surface area (Å²) in [6, 6.07) is 7.23. The summed E-state index contributed by atoms with van der Waals surface area (Å²) < 4.78 is 11.6. The fourth-order valence-electron chi connectivity index (χ4n) is 3.55. The Kier molecular flexibility index (Phi) is 5.36.